The van der Waals surface area contributed by atoms with E-state index in [1.165, 1.54) is 16.7 Å². The SMILES string of the molecule is c1ccc(-c2nc3ccc4cccc(-c5ccc6ccc(-c7nc(-c8ccc(-c9ccccc9-c9ccccc9)cc8)nc(-c8cccc9ccccc89)n7)cc6c5)c4c3o2)cc1. The van der Waals surface area contributed by atoms with E-state index in [2.05, 4.69) is 182 Å². The molecule has 0 fully saturated rings. The summed E-state index contributed by atoms with van der Waals surface area (Å²) in [6.07, 6.45) is 0. The number of hydrogen-bond donors (Lipinski definition) is 0. The van der Waals surface area contributed by atoms with E-state index in [9.17, 15) is 0 Å². The van der Waals surface area contributed by atoms with Gasteiger partial charge >= 0.3 is 0 Å². The van der Waals surface area contributed by atoms with Crippen LogP contribution in [-0.2, 0) is 0 Å². The van der Waals surface area contributed by atoms with Gasteiger partial charge in [0.15, 0.2) is 23.1 Å². The molecule has 0 saturated heterocycles. The van der Waals surface area contributed by atoms with E-state index in [0.29, 0.717) is 23.4 Å². The van der Waals surface area contributed by atoms with Crippen LogP contribution in [0.4, 0.5) is 0 Å². The number of nitrogens with zero attached hydrogens (tertiary/aromatic N) is 4. The van der Waals surface area contributed by atoms with Gasteiger partial charge in [-0.25, -0.2) is 19.9 Å². The predicted molar refractivity (Wildman–Crippen MR) is 258 cm³/mol. The van der Waals surface area contributed by atoms with Crippen molar-refractivity contribution in [3.63, 3.8) is 0 Å². The summed E-state index contributed by atoms with van der Waals surface area (Å²) < 4.78 is 6.53. The molecule has 63 heavy (non-hydrogen) atoms. The number of hydrogen-bond acceptors (Lipinski definition) is 5. The monoisotopic (exact) mass is 804 g/mol. The minimum Gasteiger partial charge on any atom is -0.435 e. The van der Waals surface area contributed by atoms with Gasteiger partial charge in [-0.15, -0.1) is 0 Å². The van der Waals surface area contributed by atoms with Crippen molar-refractivity contribution in [3.8, 4) is 79.0 Å². The van der Waals surface area contributed by atoms with Gasteiger partial charge in [-0.05, 0) is 90.6 Å². The van der Waals surface area contributed by atoms with Gasteiger partial charge < -0.3 is 4.42 Å². The molecule has 5 nitrogen and oxygen atoms in total. The minimum atomic E-state index is 0.607. The molecule has 0 radical (unpaired) electrons. The number of oxazole rings is 1. The van der Waals surface area contributed by atoms with Gasteiger partial charge in [0.1, 0.15) is 5.52 Å². The number of aromatic nitrogens is 4. The molecule has 0 bridgehead atoms. The second-order valence-corrected chi connectivity index (χ2v) is 15.8. The van der Waals surface area contributed by atoms with E-state index >= 15 is 0 Å². The van der Waals surface area contributed by atoms with E-state index in [0.717, 1.165) is 82.4 Å². The predicted octanol–water partition coefficient (Wildman–Crippen LogP) is 15.1. The van der Waals surface area contributed by atoms with Gasteiger partial charge in [-0.2, -0.15) is 0 Å². The normalized spacial score (nSPS) is 11.5. The average molecular weight is 805 g/mol. The van der Waals surface area contributed by atoms with Crippen molar-refractivity contribution in [2.24, 2.45) is 0 Å². The molecule has 0 spiro atoms. The molecule has 0 aliphatic rings. The van der Waals surface area contributed by atoms with Crippen LogP contribution in [0.15, 0.2) is 223 Å². The van der Waals surface area contributed by atoms with E-state index in [4.69, 9.17) is 24.4 Å². The highest BCUT2D eigenvalue weighted by Crippen LogP contribution is 2.39. The van der Waals surface area contributed by atoms with Gasteiger partial charge in [0.2, 0.25) is 5.89 Å². The Hall–Kier alpha value is -8.54. The average Bonchev–Trinajstić information content (AvgIpc) is 3.81. The van der Waals surface area contributed by atoms with Gasteiger partial charge in [-0.3, -0.25) is 0 Å². The third kappa shape index (κ3) is 6.60. The molecule has 5 heteroatoms. The lowest BCUT2D eigenvalue weighted by Crippen LogP contribution is -2.00. The highest BCUT2D eigenvalue weighted by molar-refractivity contribution is 6.12. The fourth-order valence-corrected chi connectivity index (χ4v) is 8.83. The first-order chi connectivity index (χ1) is 31.2. The van der Waals surface area contributed by atoms with Gasteiger partial charge in [-0.1, -0.05) is 188 Å². The van der Waals surface area contributed by atoms with Crippen LogP contribution < -0.4 is 0 Å². The summed E-state index contributed by atoms with van der Waals surface area (Å²) in [6.45, 7) is 0. The summed E-state index contributed by atoms with van der Waals surface area (Å²) >= 11 is 0. The molecule has 294 valence electrons. The third-order valence-electron chi connectivity index (χ3n) is 12.0. The van der Waals surface area contributed by atoms with Crippen molar-refractivity contribution in [2.45, 2.75) is 0 Å². The van der Waals surface area contributed by atoms with Crippen molar-refractivity contribution in [1.82, 2.24) is 19.9 Å². The Labute approximate surface area is 363 Å². The van der Waals surface area contributed by atoms with Crippen molar-refractivity contribution >= 4 is 43.4 Å². The van der Waals surface area contributed by atoms with Crippen molar-refractivity contribution < 1.29 is 4.42 Å². The topological polar surface area (TPSA) is 64.7 Å². The minimum absolute atomic E-state index is 0.607. The van der Waals surface area contributed by atoms with Crippen LogP contribution in [0.25, 0.3) is 122 Å². The van der Waals surface area contributed by atoms with Crippen LogP contribution in [0, 0.1) is 0 Å². The smallest absolute Gasteiger partial charge is 0.227 e. The zero-order valence-corrected chi connectivity index (χ0v) is 34.0. The highest BCUT2D eigenvalue weighted by atomic mass is 16.3. The zero-order valence-electron chi connectivity index (χ0n) is 34.0. The summed E-state index contributed by atoms with van der Waals surface area (Å²) in [6, 6.07) is 76.0. The molecule has 0 saturated carbocycles. The highest BCUT2D eigenvalue weighted by Gasteiger charge is 2.18. The fourth-order valence-electron chi connectivity index (χ4n) is 8.83. The van der Waals surface area contributed by atoms with Crippen LogP contribution in [0.5, 0.6) is 0 Å². The standard InChI is InChI=1S/C58H36N4O/c1-3-13-38(14-4-1)47-20-9-10-21-48(47)40-27-29-42(30-28-40)55-60-56(62-57(61-55)51-24-11-18-39-15-7-8-22-49(39)51)45-32-26-37-25-31-44(35-46(37)36-45)50-23-12-19-41-33-34-52-54(53(41)50)63-58(59-52)43-16-5-2-6-17-43/h1-36H. The first-order valence-electron chi connectivity index (χ1n) is 21.1. The molecular formula is C58H36N4O. The number of rotatable bonds is 7. The van der Waals surface area contributed by atoms with E-state index in [1.807, 2.05) is 36.4 Å². The maximum absolute atomic E-state index is 6.53. The quantitative estimate of drug-likeness (QED) is 0.161. The van der Waals surface area contributed by atoms with Gasteiger partial charge in [0.05, 0.1) is 0 Å². The van der Waals surface area contributed by atoms with Crippen molar-refractivity contribution in [2.75, 3.05) is 0 Å². The van der Waals surface area contributed by atoms with Crippen LogP contribution in [0.3, 0.4) is 0 Å². The Morgan fingerprint density at radius 2 is 0.810 bits per heavy atom. The summed E-state index contributed by atoms with van der Waals surface area (Å²) in [5.74, 6) is 2.46. The molecule has 2 aromatic heterocycles. The van der Waals surface area contributed by atoms with Crippen LogP contribution in [0.1, 0.15) is 0 Å². The Bertz CT molecular complexity index is 3670. The van der Waals surface area contributed by atoms with Crippen LogP contribution >= 0.6 is 0 Å². The largest absolute Gasteiger partial charge is 0.435 e. The van der Waals surface area contributed by atoms with E-state index in [-0.39, 0.29) is 0 Å². The van der Waals surface area contributed by atoms with Crippen molar-refractivity contribution in [1.29, 1.82) is 0 Å². The summed E-state index contributed by atoms with van der Waals surface area (Å²) in [5.41, 5.74) is 12.2. The lowest BCUT2D eigenvalue weighted by Gasteiger charge is -2.13. The molecule has 0 amide bonds. The molecule has 0 aliphatic heterocycles. The molecule has 2 heterocycles. The second-order valence-electron chi connectivity index (χ2n) is 15.8. The fraction of sp³-hybridized carbons (Fsp3) is 0. The Morgan fingerprint density at radius 3 is 1.59 bits per heavy atom. The van der Waals surface area contributed by atoms with Crippen LogP contribution in [-0.4, -0.2) is 19.9 Å². The zero-order chi connectivity index (χ0) is 41.7. The maximum atomic E-state index is 6.53. The second kappa shape index (κ2) is 15.2. The molecule has 12 rings (SSSR count). The lowest BCUT2D eigenvalue weighted by molar-refractivity contribution is 0.623. The number of benzene rings is 10. The summed E-state index contributed by atoms with van der Waals surface area (Å²) in [5, 5.41) is 6.55. The summed E-state index contributed by atoms with van der Waals surface area (Å²) in [4.78, 5) is 20.5. The van der Waals surface area contributed by atoms with Gasteiger partial charge in [0, 0.05) is 27.6 Å². The third-order valence-corrected chi connectivity index (χ3v) is 12.0. The van der Waals surface area contributed by atoms with E-state index < -0.39 is 0 Å². The Kier molecular flexibility index (Phi) is 8.75. The van der Waals surface area contributed by atoms with Gasteiger partial charge in [0.25, 0.3) is 0 Å². The first kappa shape index (κ1) is 36.3. The Morgan fingerprint density at radius 1 is 0.286 bits per heavy atom. The molecular weight excluding hydrogens is 769 g/mol. The van der Waals surface area contributed by atoms with Crippen LogP contribution in [0.2, 0.25) is 0 Å². The molecule has 12 aromatic rings. The maximum Gasteiger partial charge on any atom is 0.227 e. The lowest BCUT2D eigenvalue weighted by atomic mass is 9.94. The molecule has 0 N–H and O–H groups in total. The van der Waals surface area contributed by atoms with Crippen molar-refractivity contribution in [3.05, 3.63) is 218 Å². The summed E-state index contributed by atoms with van der Waals surface area (Å²) in [7, 11) is 0. The van der Waals surface area contributed by atoms with E-state index in [1.54, 1.807) is 0 Å². The molecule has 0 atom stereocenters. The Balaban J connectivity index is 0.979. The number of fused-ring (bicyclic) bond motifs is 5. The molecule has 10 aromatic carbocycles. The molecule has 0 unspecified atom stereocenters. The first-order valence-corrected chi connectivity index (χ1v) is 21.1. The molecule has 0 aliphatic carbocycles.